The van der Waals surface area contributed by atoms with Gasteiger partial charge in [0, 0.05) is 11.1 Å². The number of aldehydes is 2. The van der Waals surface area contributed by atoms with Crippen LogP contribution in [0.1, 0.15) is 25.0 Å². The molecule has 0 amide bonds. The van der Waals surface area contributed by atoms with E-state index in [0.717, 1.165) is 67.9 Å². The van der Waals surface area contributed by atoms with Crippen molar-refractivity contribution in [2.75, 3.05) is 13.2 Å². The van der Waals surface area contributed by atoms with Crippen LogP contribution in [0.25, 0.3) is 44.8 Å². The van der Waals surface area contributed by atoms with Gasteiger partial charge in [-0.3, -0.25) is 9.59 Å². The first-order valence-electron chi connectivity index (χ1n) is 11.3. The fourth-order valence-corrected chi connectivity index (χ4v) is 4.23. The van der Waals surface area contributed by atoms with Crippen LogP contribution in [0.2, 0.25) is 0 Å². The van der Waals surface area contributed by atoms with Gasteiger partial charge in [0.15, 0.2) is 0 Å². The number of hydrogen-bond donors (Lipinski definition) is 0. The lowest BCUT2D eigenvalue weighted by atomic mass is 9.91. The van der Waals surface area contributed by atoms with E-state index >= 15 is 0 Å². The van der Waals surface area contributed by atoms with E-state index in [2.05, 4.69) is 24.3 Å². The first-order chi connectivity index (χ1) is 16.7. The van der Waals surface area contributed by atoms with Gasteiger partial charge in [0.1, 0.15) is 24.1 Å². The highest BCUT2D eigenvalue weighted by Gasteiger charge is 2.19. The van der Waals surface area contributed by atoms with E-state index in [1.165, 1.54) is 12.2 Å². The van der Waals surface area contributed by atoms with E-state index in [9.17, 15) is 9.59 Å². The van der Waals surface area contributed by atoms with E-state index in [1.807, 2.05) is 50.2 Å². The van der Waals surface area contributed by atoms with Crippen LogP contribution in [-0.2, 0) is 9.59 Å². The van der Waals surface area contributed by atoms with Gasteiger partial charge in [-0.2, -0.15) is 0 Å². The molecule has 0 saturated heterocycles. The van der Waals surface area contributed by atoms with E-state index in [1.54, 1.807) is 12.2 Å². The van der Waals surface area contributed by atoms with Gasteiger partial charge in [-0.25, -0.2) is 0 Å². The zero-order valence-corrected chi connectivity index (χ0v) is 19.3. The second-order valence-electron chi connectivity index (χ2n) is 7.69. The van der Waals surface area contributed by atoms with Gasteiger partial charge in [0.2, 0.25) is 0 Å². The van der Waals surface area contributed by atoms with Gasteiger partial charge in [0.05, 0.1) is 13.2 Å². The Hall–Kier alpha value is -4.18. The molecule has 0 spiro atoms. The Morgan fingerprint density at radius 2 is 1.06 bits per heavy atom. The van der Waals surface area contributed by atoms with E-state index in [-0.39, 0.29) is 0 Å². The Morgan fingerprint density at radius 3 is 1.44 bits per heavy atom. The number of fused-ring (bicyclic) bond motifs is 2. The van der Waals surface area contributed by atoms with Crippen molar-refractivity contribution in [3.05, 3.63) is 83.9 Å². The maximum absolute atomic E-state index is 10.8. The minimum atomic E-state index is 0.536. The number of carbonyl (C=O) groups excluding carboxylic acids is 2. The van der Waals surface area contributed by atoms with Crippen molar-refractivity contribution >= 4 is 46.3 Å². The van der Waals surface area contributed by atoms with Gasteiger partial charge in [-0.1, -0.05) is 48.6 Å². The lowest BCUT2D eigenvalue weighted by Crippen LogP contribution is -1.99. The highest BCUT2D eigenvalue weighted by molar-refractivity contribution is 6.10. The molecule has 0 atom stereocenters. The molecule has 0 aliphatic heterocycles. The highest BCUT2D eigenvalue weighted by Crippen LogP contribution is 2.46. The summed E-state index contributed by atoms with van der Waals surface area (Å²) in [6.45, 7) is 5.01. The van der Waals surface area contributed by atoms with Gasteiger partial charge < -0.3 is 9.47 Å². The summed E-state index contributed by atoms with van der Waals surface area (Å²) in [6.07, 6.45) is 8.12. The molecule has 170 valence electrons. The summed E-state index contributed by atoms with van der Waals surface area (Å²) in [7, 11) is 0. The van der Waals surface area contributed by atoms with Crippen molar-refractivity contribution in [1.29, 1.82) is 0 Å². The van der Waals surface area contributed by atoms with Crippen molar-refractivity contribution in [2.45, 2.75) is 13.8 Å². The van der Waals surface area contributed by atoms with Crippen molar-refractivity contribution in [3.8, 4) is 22.6 Å². The van der Waals surface area contributed by atoms with Crippen LogP contribution in [-0.4, -0.2) is 25.8 Å². The Labute approximate surface area is 199 Å². The number of carbonyl (C=O) groups is 2. The molecule has 0 heterocycles. The quantitative estimate of drug-likeness (QED) is 0.206. The van der Waals surface area contributed by atoms with Crippen LogP contribution in [0, 0.1) is 0 Å². The van der Waals surface area contributed by atoms with E-state index in [4.69, 9.17) is 9.47 Å². The molecular formula is C30H26O4. The Kier molecular flexibility index (Phi) is 7.19. The summed E-state index contributed by atoms with van der Waals surface area (Å²) < 4.78 is 12.2. The number of benzene rings is 4. The summed E-state index contributed by atoms with van der Waals surface area (Å²) >= 11 is 0. The van der Waals surface area contributed by atoms with Crippen molar-refractivity contribution in [1.82, 2.24) is 0 Å². The fourth-order valence-electron chi connectivity index (χ4n) is 4.23. The minimum Gasteiger partial charge on any atom is -0.493 e. The molecule has 0 bridgehead atoms. The maximum atomic E-state index is 10.8. The molecule has 4 aromatic rings. The summed E-state index contributed by atoms with van der Waals surface area (Å²) in [5.74, 6) is 1.56. The summed E-state index contributed by atoms with van der Waals surface area (Å²) in [6, 6.07) is 20.3. The van der Waals surface area contributed by atoms with E-state index in [0.29, 0.717) is 13.2 Å². The average molecular weight is 451 g/mol. The highest BCUT2D eigenvalue weighted by atomic mass is 16.5. The third-order valence-corrected chi connectivity index (χ3v) is 5.60. The molecule has 4 rings (SSSR count). The molecule has 0 radical (unpaired) electrons. The molecule has 4 nitrogen and oxygen atoms in total. The molecule has 34 heavy (non-hydrogen) atoms. The van der Waals surface area contributed by atoms with Gasteiger partial charge in [-0.05, 0) is 82.9 Å². The molecule has 4 aromatic carbocycles. The predicted octanol–water partition coefficient (Wildman–Crippen LogP) is 6.88. The second kappa shape index (κ2) is 10.6. The first kappa shape index (κ1) is 23.0. The maximum Gasteiger partial charge on any atom is 0.142 e. The molecule has 0 aliphatic carbocycles. The first-order valence-corrected chi connectivity index (χ1v) is 11.3. The molecule has 0 aliphatic rings. The molecular weight excluding hydrogens is 424 g/mol. The third kappa shape index (κ3) is 4.62. The number of rotatable bonds is 9. The van der Waals surface area contributed by atoms with Crippen LogP contribution < -0.4 is 9.47 Å². The molecule has 0 N–H and O–H groups in total. The third-order valence-electron chi connectivity index (χ3n) is 5.60. The zero-order valence-electron chi connectivity index (χ0n) is 19.3. The SMILES string of the molecule is CCOc1ccc2cc(/C=C/C=O)ccc2c1-c1c(OCC)ccc2cc(/C=C/C=O)ccc12. The average Bonchev–Trinajstić information content (AvgIpc) is 2.86. The van der Waals surface area contributed by atoms with Crippen LogP contribution in [0.15, 0.2) is 72.8 Å². The number of allylic oxidation sites excluding steroid dienone is 2. The fraction of sp³-hybridized carbons (Fsp3) is 0.133. The minimum absolute atomic E-state index is 0.536. The summed E-state index contributed by atoms with van der Waals surface area (Å²) in [5.41, 5.74) is 3.83. The molecule has 0 saturated carbocycles. The van der Waals surface area contributed by atoms with Crippen LogP contribution in [0.5, 0.6) is 11.5 Å². The topological polar surface area (TPSA) is 52.6 Å². The monoisotopic (exact) mass is 450 g/mol. The molecule has 0 aromatic heterocycles. The van der Waals surface area contributed by atoms with Gasteiger partial charge in [0.25, 0.3) is 0 Å². The van der Waals surface area contributed by atoms with Crippen molar-refractivity contribution < 1.29 is 19.1 Å². The molecule has 0 fully saturated rings. The largest absolute Gasteiger partial charge is 0.493 e. The second-order valence-corrected chi connectivity index (χ2v) is 7.69. The summed E-state index contributed by atoms with van der Waals surface area (Å²) in [4.78, 5) is 21.5. The van der Waals surface area contributed by atoms with E-state index < -0.39 is 0 Å². The lowest BCUT2D eigenvalue weighted by Gasteiger charge is -2.19. The van der Waals surface area contributed by atoms with Crippen molar-refractivity contribution in [3.63, 3.8) is 0 Å². The van der Waals surface area contributed by atoms with Gasteiger partial charge >= 0.3 is 0 Å². The number of ether oxygens (including phenoxy) is 2. The van der Waals surface area contributed by atoms with Crippen LogP contribution >= 0.6 is 0 Å². The van der Waals surface area contributed by atoms with Gasteiger partial charge in [-0.15, -0.1) is 0 Å². The normalized spacial score (nSPS) is 11.5. The van der Waals surface area contributed by atoms with Crippen molar-refractivity contribution in [2.24, 2.45) is 0 Å². The Morgan fingerprint density at radius 1 is 0.618 bits per heavy atom. The Balaban J connectivity index is 2.05. The predicted molar refractivity (Wildman–Crippen MR) is 139 cm³/mol. The molecule has 0 unspecified atom stereocenters. The standard InChI is InChI=1S/C30H26O4/c1-3-33-27-15-11-23-19-21(7-5-17-31)9-13-25(23)29(27)30-26-14-10-22(8-6-18-32)20-24(26)12-16-28(30)34-4-2/h5-20H,3-4H2,1-2H3/b7-5+,8-6+. The smallest absolute Gasteiger partial charge is 0.142 e. The van der Waals surface area contributed by atoms with Crippen LogP contribution in [0.4, 0.5) is 0 Å². The molecule has 4 heteroatoms. The lowest BCUT2D eigenvalue weighted by molar-refractivity contribution is -0.104. The van der Waals surface area contributed by atoms with Crippen LogP contribution in [0.3, 0.4) is 0 Å². The number of hydrogen-bond acceptors (Lipinski definition) is 4. The zero-order chi connectivity index (χ0) is 23.9. The Bertz CT molecular complexity index is 1300. The summed E-state index contributed by atoms with van der Waals surface area (Å²) in [5, 5.41) is 4.15.